The summed E-state index contributed by atoms with van der Waals surface area (Å²) in [6.07, 6.45) is -5.05. The van der Waals surface area contributed by atoms with Gasteiger partial charge in [0.25, 0.3) is 5.69 Å². The number of rotatable bonds is 4. The first-order valence-electron chi connectivity index (χ1n) is 4.93. The monoisotopic (exact) mass is 406 g/mol. The number of pyridine rings is 1. The maximum Gasteiger partial charge on any atom is 0.573 e. The summed E-state index contributed by atoms with van der Waals surface area (Å²) < 4.78 is 44.5. The molecule has 7 nitrogen and oxygen atoms in total. The first-order valence-corrected chi connectivity index (χ1v) is 6.01. The van der Waals surface area contributed by atoms with E-state index in [1.165, 1.54) is 29.5 Å². The van der Waals surface area contributed by atoms with Crippen LogP contribution in [0.15, 0.2) is 6.07 Å². The van der Waals surface area contributed by atoms with Gasteiger partial charge in [-0.05, 0) is 39.4 Å². The van der Waals surface area contributed by atoms with Crippen molar-refractivity contribution in [2.45, 2.75) is 13.3 Å². The molecule has 0 aromatic carbocycles. The number of nitrogens with zero attached hydrogens (tertiary/aromatic N) is 2. The van der Waals surface area contributed by atoms with Crippen LogP contribution in [0.4, 0.5) is 19.0 Å². The third-order valence-electron chi connectivity index (χ3n) is 1.79. The molecule has 0 spiro atoms. The summed E-state index contributed by atoms with van der Waals surface area (Å²) in [4.78, 5) is 24.4. The Hall–Kier alpha value is -1.66. The maximum absolute atomic E-state index is 12.2. The van der Waals surface area contributed by atoms with E-state index in [0.29, 0.717) is 6.07 Å². The lowest BCUT2D eigenvalue weighted by Crippen LogP contribution is -2.20. The molecule has 0 atom stereocenters. The zero-order valence-electron chi connectivity index (χ0n) is 9.73. The number of carbonyl (C=O) groups is 1. The normalized spacial score (nSPS) is 11.1. The van der Waals surface area contributed by atoms with Crippen LogP contribution >= 0.6 is 22.6 Å². The molecule has 1 aromatic heterocycles. The molecule has 0 saturated heterocycles. The number of alkyl halides is 3. The van der Waals surface area contributed by atoms with Gasteiger partial charge in [0.05, 0.1) is 12.7 Å². The van der Waals surface area contributed by atoms with Gasteiger partial charge in [-0.3, -0.25) is 0 Å². The highest BCUT2D eigenvalue weighted by Crippen LogP contribution is 2.32. The molecule has 0 fully saturated rings. The van der Waals surface area contributed by atoms with Gasteiger partial charge in [-0.15, -0.1) is 13.2 Å². The lowest BCUT2D eigenvalue weighted by Gasteiger charge is -2.10. The lowest BCUT2D eigenvalue weighted by atomic mass is 10.3. The van der Waals surface area contributed by atoms with Crippen molar-refractivity contribution in [3.05, 3.63) is 25.4 Å². The van der Waals surface area contributed by atoms with Crippen LogP contribution in [0, 0.1) is 13.7 Å². The summed E-state index contributed by atoms with van der Waals surface area (Å²) >= 11 is 1.37. The molecule has 1 aromatic rings. The second kappa shape index (κ2) is 6.19. The molecule has 0 aliphatic heterocycles. The van der Waals surface area contributed by atoms with Gasteiger partial charge in [-0.25, -0.2) is 4.79 Å². The van der Waals surface area contributed by atoms with Crippen molar-refractivity contribution in [1.29, 1.82) is 0 Å². The highest BCUT2D eigenvalue weighted by atomic mass is 127. The molecule has 0 saturated carbocycles. The van der Waals surface area contributed by atoms with Crippen molar-refractivity contribution in [3.8, 4) is 5.75 Å². The average molecular weight is 406 g/mol. The molecule has 0 unspecified atom stereocenters. The van der Waals surface area contributed by atoms with E-state index in [9.17, 15) is 28.1 Å². The standard InChI is InChI=1S/C9H6F3IN2O5/c1-2-19-8(16)7-6(13)4(20-9(10,11)12)3-5(14-7)15(17)18/h3H,2H2,1H3. The van der Waals surface area contributed by atoms with Gasteiger partial charge < -0.3 is 19.6 Å². The molecular weight excluding hydrogens is 400 g/mol. The number of carbonyl (C=O) groups excluding carboxylic acids is 1. The summed E-state index contributed by atoms with van der Waals surface area (Å²) in [5, 5.41) is 10.6. The summed E-state index contributed by atoms with van der Waals surface area (Å²) in [6.45, 7) is 1.41. The van der Waals surface area contributed by atoms with Crippen LogP contribution in [0.25, 0.3) is 0 Å². The third-order valence-corrected chi connectivity index (χ3v) is 2.83. The first kappa shape index (κ1) is 16.4. The largest absolute Gasteiger partial charge is 0.573 e. The van der Waals surface area contributed by atoms with Crippen molar-refractivity contribution < 1.29 is 32.4 Å². The summed E-state index contributed by atoms with van der Waals surface area (Å²) in [5.74, 6) is -2.91. The van der Waals surface area contributed by atoms with Gasteiger partial charge in [0.15, 0.2) is 5.75 Å². The predicted molar refractivity (Wildman–Crippen MR) is 66.2 cm³/mol. The molecule has 20 heavy (non-hydrogen) atoms. The summed E-state index contributed by atoms with van der Waals surface area (Å²) in [6, 6.07) is 0.484. The fraction of sp³-hybridized carbons (Fsp3) is 0.333. The molecule has 11 heteroatoms. The van der Waals surface area contributed by atoms with Gasteiger partial charge in [0, 0.05) is 0 Å². The van der Waals surface area contributed by atoms with Crippen LogP contribution in [0.3, 0.4) is 0 Å². The van der Waals surface area contributed by atoms with E-state index in [1.807, 2.05) is 0 Å². The van der Waals surface area contributed by atoms with Crippen molar-refractivity contribution in [1.82, 2.24) is 4.98 Å². The van der Waals surface area contributed by atoms with Crippen LogP contribution in [-0.4, -0.2) is 28.8 Å². The lowest BCUT2D eigenvalue weighted by molar-refractivity contribution is -0.389. The van der Waals surface area contributed by atoms with Crippen molar-refractivity contribution >= 4 is 34.4 Å². The smallest absolute Gasteiger partial charge is 0.460 e. The van der Waals surface area contributed by atoms with E-state index in [2.05, 4.69) is 14.5 Å². The summed E-state index contributed by atoms with van der Waals surface area (Å²) in [7, 11) is 0. The molecule has 0 aliphatic rings. The highest BCUT2D eigenvalue weighted by Gasteiger charge is 2.35. The maximum atomic E-state index is 12.2. The molecular formula is C9H6F3IN2O5. The number of halogens is 4. The van der Waals surface area contributed by atoms with E-state index in [0.717, 1.165) is 0 Å². The van der Waals surface area contributed by atoms with Crippen molar-refractivity contribution in [2.24, 2.45) is 0 Å². The van der Waals surface area contributed by atoms with E-state index < -0.39 is 34.5 Å². The Morgan fingerprint density at radius 3 is 2.60 bits per heavy atom. The SMILES string of the molecule is CCOC(=O)c1nc([N+](=O)[O-])cc(OC(F)(F)F)c1I. The van der Waals surface area contributed by atoms with Gasteiger partial charge in [-0.2, -0.15) is 0 Å². The Morgan fingerprint density at radius 2 is 2.15 bits per heavy atom. The number of nitro groups is 1. The zero-order chi connectivity index (χ0) is 15.5. The number of esters is 1. The van der Waals surface area contributed by atoms with Crippen LogP contribution < -0.4 is 4.74 Å². The predicted octanol–water partition coefficient (Wildman–Crippen LogP) is 2.67. The van der Waals surface area contributed by atoms with E-state index >= 15 is 0 Å². The Bertz CT molecular complexity index is 549. The minimum Gasteiger partial charge on any atom is -0.460 e. The second-order valence-electron chi connectivity index (χ2n) is 3.17. The Kier molecular flexibility index (Phi) is 5.08. The fourth-order valence-corrected chi connectivity index (χ4v) is 1.73. The van der Waals surface area contributed by atoms with E-state index in [-0.39, 0.29) is 10.2 Å². The van der Waals surface area contributed by atoms with Gasteiger partial charge >= 0.3 is 18.1 Å². The van der Waals surface area contributed by atoms with Crippen LogP contribution in [0.2, 0.25) is 0 Å². The Balaban J connectivity index is 3.36. The Morgan fingerprint density at radius 1 is 1.55 bits per heavy atom. The second-order valence-corrected chi connectivity index (χ2v) is 4.25. The van der Waals surface area contributed by atoms with E-state index in [4.69, 9.17) is 0 Å². The molecule has 0 radical (unpaired) electrons. The molecule has 0 amide bonds. The molecule has 1 rings (SSSR count). The number of ether oxygens (including phenoxy) is 2. The molecule has 0 bridgehead atoms. The van der Waals surface area contributed by atoms with Crippen molar-refractivity contribution in [2.75, 3.05) is 6.61 Å². The average Bonchev–Trinajstić information content (AvgIpc) is 2.29. The number of aromatic nitrogens is 1. The highest BCUT2D eigenvalue weighted by molar-refractivity contribution is 14.1. The molecule has 110 valence electrons. The van der Waals surface area contributed by atoms with Gasteiger partial charge in [-0.1, -0.05) is 0 Å². The van der Waals surface area contributed by atoms with Crippen LogP contribution in [-0.2, 0) is 4.74 Å². The third kappa shape index (κ3) is 4.18. The van der Waals surface area contributed by atoms with Crippen LogP contribution in [0.1, 0.15) is 17.4 Å². The number of hydrogen-bond donors (Lipinski definition) is 0. The van der Waals surface area contributed by atoms with Crippen molar-refractivity contribution in [3.63, 3.8) is 0 Å². The molecule has 1 heterocycles. The van der Waals surface area contributed by atoms with Gasteiger partial charge in [0.1, 0.15) is 3.57 Å². The van der Waals surface area contributed by atoms with Crippen LogP contribution in [0.5, 0.6) is 5.75 Å². The zero-order valence-corrected chi connectivity index (χ0v) is 11.9. The number of hydrogen-bond acceptors (Lipinski definition) is 6. The molecule has 0 aliphatic carbocycles. The minimum absolute atomic E-state index is 0.0608. The first-order chi connectivity index (χ1) is 9.15. The summed E-state index contributed by atoms with van der Waals surface area (Å²) in [5.41, 5.74) is -0.610. The Labute approximate surface area is 123 Å². The fourth-order valence-electron chi connectivity index (χ4n) is 1.12. The van der Waals surface area contributed by atoms with E-state index in [1.54, 1.807) is 0 Å². The minimum atomic E-state index is -5.05. The van der Waals surface area contributed by atoms with Gasteiger partial charge in [0.2, 0.25) is 0 Å². The quantitative estimate of drug-likeness (QED) is 0.331. The topological polar surface area (TPSA) is 91.6 Å². The molecule has 0 N–H and O–H groups in total.